The lowest BCUT2D eigenvalue weighted by atomic mass is 9.80. The van der Waals surface area contributed by atoms with Crippen LogP contribution in [0.1, 0.15) is 38.7 Å². The second-order valence-corrected chi connectivity index (χ2v) is 7.47. The zero-order chi connectivity index (χ0) is 14.8. The van der Waals surface area contributed by atoms with Crippen LogP contribution >= 0.6 is 0 Å². The molecule has 0 aliphatic heterocycles. The fourth-order valence-electron chi connectivity index (χ4n) is 2.82. The molecule has 1 aromatic rings. The van der Waals surface area contributed by atoms with Crippen molar-refractivity contribution in [2.45, 2.75) is 44.0 Å². The number of sulfonamides is 1. The van der Waals surface area contributed by atoms with Crippen molar-refractivity contribution >= 4 is 10.0 Å². The van der Waals surface area contributed by atoms with Gasteiger partial charge in [0.1, 0.15) is 0 Å². The summed E-state index contributed by atoms with van der Waals surface area (Å²) in [5, 5.41) is 8.74. The number of nitrogens with one attached hydrogen (secondary N) is 1. The molecule has 3 unspecified atom stereocenters. The molecule has 1 aromatic carbocycles. The topological polar surface area (TPSA) is 70.0 Å². The van der Waals surface area contributed by atoms with Gasteiger partial charge in [-0.3, -0.25) is 0 Å². The van der Waals surface area contributed by atoms with E-state index < -0.39 is 10.0 Å². The number of nitrogens with zero attached hydrogens (tertiary/aromatic N) is 1. The van der Waals surface area contributed by atoms with Gasteiger partial charge in [-0.05, 0) is 55.4 Å². The Morgan fingerprint density at radius 1 is 1.20 bits per heavy atom. The molecule has 1 fully saturated rings. The van der Waals surface area contributed by atoms with E-state index in [4.69, 9.17) is 5.26 Å². The average molecular weight is 292 g/mol. The Bertz CT molecular complexity index is 602. The monoisotopic (exact) mass is 292 g/mol. The van der Waals surface area contributed by atoms with Crippen LogP contribution in [-0.2, 0) is 10.0 Å². The van der Waals surface area contributed by atoms with Crippen molar-refractivity contribution in [1.82, 2.24) is 4.72 Å². The first-order chi connectivity index (χ1) is 9.42. The first-order valence-electron chi connectivity index (χ1n) is 6.95. The third kappa shape index (κ3) is 3.38. The van der Waals surface area contributed by atoms with Gasteiger partial charge in [0.2, 0.25) is 10.0 Å². The predicted octanol–water partition coefficient (Wildman–Crippen LogP) is 2.66. The van der Waals surface area contributed by atoms with Gasteiger partial charge in [-0.1, -0.05) is 13.8 Å². The van der Waals surface area contributed by atoms with Crippen molar-refractivity contribution in [3.05, 3.63) is 29.8 Å². The predicted molar refractivity (Wildman–Crippen MR) is 77.4 cm³/mol. The van der Waals surface area contributed by atoms with Crippen LogP contribution in [0.3, 0.4) is 0 Å². The van der Waals surface area contributed by atoms with Crippen LogP contribution in [0.2, 0.25) is 0 Å². The van der Waals surface area contributed by atoms with E-state index >= 15 is 0 Å². The van der Waals surface area contributed by atoms with Gasteiger partial charge in [-0.2, -0.15) is 5.26 Å². The standard InChI is InChI=1S/C15H20N2O2S/c1-11-3-8-15(12(2)9-11)17-20(18,19)14-6-4-13(10-16)5-7-14/h4-7,11-12,15,17H,3,8-9H2,1-2H3. The molecule has 0 saturated heterocycles. The largest absolute Gasteiger partial charge is 0.240 e. The van der Waals surface area contributed by atoms with E-state index in [1.807, 2.05) is 6.07 Å². The third-order valence-corrected chi connectivity index (χ3v) is 5.54. The Kier molecular flexibility index (Phi) is 4.46. The molecule has 1 aliphatic carbocycles. The maximum absolute atomic E-state index is 12.3. The van der Waals surface area contributed by atoms with Gasteiger partial charge < -0.3 is 0 Å². The SMILES string of the molecule is CC1CCC(NS(=O)(=O)c2ccc(C#N)cc2)C(C)C1. The summed E-state index contributed by atoms with van der Waals surface area (Å²) in [4.78, 5) is 0.224. The molecular weight excluding hydrogens is 272 g/mol. The summed E-state index contributed by atoms with van der Waals surface area (Å²) in [6, 6.07) is 8.01. The third-order valence-electron chi connectivity index (χ3n) is 4.03. The van der Waals surface area contributed by atoms with Crippen LogP contribution < -0.4 is 4.72 Å². The van der Waals surface area contributed by atoms with Crippen LogP contribution in [0.15, 0.2) is 29.2 Å². The molecule has 0 aromatic heterocycles. The summed E-state index contributed by atoms with van der Waals surface area (Å²) in [6.45, 7) is 4.31. The lowest BCUT2D eigenvalue weighted by molar-refractivity contribution is 0.249. The molecule has 5 heteroatoms. The summed E-state index contributed by atoms with van der Waals surface area (Å²) >= 11 is 0. The number of nitriles is 1. The van der Waals surface area contributed by atoms with Crippen molar-refractivity contribution in [2.75, 3.05) is 0 Å². The van der Waals surface area contributed by atoms with Crippen LogP contribution in [-0.4, -0.2) is 14.5 Å². The van der Waals surface area contributed by atoms with Crippen molar-refractivity contribution in [1.29, 1.82) is 5.26 Å². The Balaban J connectivity index is 2.12. The first-order valence-corrected chi connectivity index (χ1v) is 8.43. The molecular formula is C15H20N2O2S. The molecule has 0 heterocycles. The van der Waals surface area contributed by atoms with E-state index in [0.29, 0.717) is 17.4 Å². The van der Waals surface area contributed by atoms with Crippen molar-refractivity contribution in [3.63, 3.8) is 0 Å². The number of rotatable bonds is 3. The second-order valence-electron chi connectivity index (χ2n) is 5.76. The highest BCUT2D eigenvalue weighted by molar-refractivity contribution is 7.89. The van der Waals surface area contributed by atoms with Gasteiger partial charge in [0.25, 0.3) is 0 Å². The zero-order valence-corrected chi connectivity index (χ0v) is 12.7. The van der Waals surface area contributed by atoms with Gasteiger partial charge in [-0.15, -0.1) is 0 Å². The van der Waals surface area contributed by atoms with E-state index in [1.165, 1.54) is 24.3 Å². The minimum absolute atomic E-state index is 0.00634. The maximum Gasteiger partial charge on any atom is 0.240 e. The minimum atomic E-state index is -3.49. The average Bonchev–Trinajstić information content (AvgIpc) is 2.42. The summed E-state index contributed by atoms with van der Waals surface area (Å²) in [7, 11) is -3.49. The fraction of sp³-hybridized carbons (Fsp3) is 0.533. The minimum Gasteiger partial charge on any atom is -0.208 e. The number of benzene rings is 1. The molecule has 20 heavy (non-hydrogen) atoms. The summed E-state index contributed by atoms with van der Waals surface area (Å²) < 4.78 is 27.5. The molecule has 108 valence electrons. The van der Waals surface area contributed by atoms with E-state index in [1.54, 1.807) is 0 Å². The van der Waals surface area contributed by atoms with Crippen molar-refractivity contribution in [2.24, 2.45) is 11.8 Å². The Morgan fingerprint density at radius 2 is 1.85 bits per heavy atom. The van der Waals surface area contributed by atoms with Gasteiger partial charge in [0.05, 0.1) is 16.5 Å². The molecule has 4 nitrogen and oxygen atoms in total. The highest BCUT2D eigenvalue weighted by atomic mass is 32.2. The Morgan fingerprint density at radius 3 is 2.40 bits per heavy atom. The van der Waals surface area contributed by atoms with Gasteiger partial charge >= 0.3 is 0 Å². The normalized spacial score (nSPS) is 26.9. The van der Waals surface area contributed by atoms with Crippen LogP contribution in [0.5, 0.6) is 0 Å². The van der Waals surface area contributed by atoms with Crippen LogP contribution in [0.25, 0.3) is 0 Å². The second kappa shape index (κ2) is 5.94. The number of hydrogen-bond donors (Lipinski definition) is 1. The molecule has 1 aliphatic rings. The zero-order valence-electron chi connectivity index (χ0n) is 11.8. The Hall–Kier alpha value is -1.38. The van der Waals surface area contributed by atoms with E-state index in [0.717, 1.165) is 19.3 Å². The molecule has 0 amide bonds. The molecule has 1 N–H and O–H groups in total. The Labute approximate surface area is 120 Å². The van der Waals surface area contributed by atoms with Crippen LogP contribution in [0, 0.1) is 23.2 Å². The van der Waals surface area contributed by atoms with E-state index in [2.05, 4.69) is 18.6 Å². The summed E-state index contributed by atoms with van der Waals surface area (Å²) in [5.74, 6) is 1.02. The maximum atomic E-state index is 12.3. The lowest BCUT2D eigenvalue weighted by Gasteiger charge is -2.32. The van der Waals surface area contributed by atoms with E-state index in [9.17, 15) is 8.42 Å². The van der Waals surface area contributed by atoms with Crippen molar-refractivity contribution < 1.29 is 8.42 Å². The first kappa shape index (κ1) is 15.0. The highest BCUT2D eigenvalue weighted by Crippen LogP contribution is 2.29. The lowest BCUT2D eigenvalue weighted by Crippen LogP contribution is -2.42. The summed E-state index contributed by atoms with van der Waals surface area (Å²) in [6.07, 6.45) is 3.00. The van der Waals surface area contributed by atoms with Crippen LogP contribution in [0.4, 0.5) is 0 Å². The quantitative estimate of drug-likeness (QED) is 0.931. The molecule has 3 atom stereocenters. The molecule has 2 rings (SSSR count). The van der Waals surface area contributed by atoms with Gasteiger partial charge in [0.15, 0.2) is 0 Å². The molecule has 1 saturated carbocycles. The highest BCUT2D eigenvalue weighted by Gasteiger charge is 2.29. The molecule has 0 bridgehead atoms. The van der Waals surface area contributed by atoms with Gasteiger partial charge in [-0.25, -0.2) is 13.1 Å². The van der Waals surface area contributed by atoms with E-state index in [-0.39, 0.29) is 10.9 Å². The summed E-state index contributed by atoms with van der Waals surface area (Å²) in [5.41, 5.74) is 0.462. The fourth-order valence-corrected chi connectivity index (χ4v) is 4.20. The molecule has 0 spiro atoms. The molecule has 0 radical (unpaired) electrons. The smallest absolute Gasteiger partial charge is 0.208 e. The van der Waals surface area contributed by atoms with Gasteiger partial charge in [0, 0.05) is 6.04 Å². The van der Waals surface area contributed by atoms with Crippen molar-refractivity contribution in [3.8, 4) is 6.07 Å². The number of hydrogen-bond acceptors (Lipinski definition) is 3.